The van der Waals surface area contributed by atoms with E-state index in [-0.39, 0.29) is 16.4 Å². The van der Waals surface area contributed by atoms with E-state index in [4.69, 9.17) is 10.2 Å². The zero-order valence-electron chi connectivity index (χ0n) is 16.0. The monoisotopic (exact) mass is 428 g/mol. The van der Waals surface area contributed by atoms with Gasteiger partial charge in [-0.25, -0.2) is 18.4 Å². The molecule has 0 radical (unpaired) electrons. The van der Waals surface area contributed by atoms with E-state index >= 15 is 0 Å². The lowest BCUT2D eigenvalue weighted by molar-refractivity contribution is -0.143. The van der Waals surface area contributed by atoms with Gasteiger partial charge in [0.1, 0.15) is 6.04 Å². The molecule has 1 rings (SSSR count). The van der Waals surface area contributed by atoms with Crippen molar-refractivity contribution in [3.8, 4) is 0 Å². The zero-order chi connectivity index (χ0) is 22.2. The molecule has 0 bridgehead atoms. The molecule has 0 unspecified atom stereocenters. The predicted octanol–water partition coefficient (Wildman–Crippen LogP) is -1.20. The van der Waals surface area contributed by atoms with Gasteiger partial charge in [0.15, 0.2) is 0 Å². The number of carboxylic acids is 1. The van der Waals surface area contributed by atoms with E-state index in [1.54, 1.807) is 13.8 Å². The highest BCUT2D eigenvalue weighted by Gasteiger charge is 2.25. The van der Waals surface area contributed by atoms with Crippen LogP contribution in [0.15, 0.2) is 29.2 Å². The summed E-state index contributed by atoms with van der Waals surface area (Å²) < 4.78 is 22.3. The number of sulfonamides is 1. The number of nitrogens with one attached hydrogen (secondary N) is 3. The van der Waals surface area contributed by atoms with Crippen molar-refractivity contribution in [3.05, 3.63) is 29.8 Å². The molecule has 0 saturated carbocycles. The van der Waals surface area contributed by atoms with Crippen molar-refractivity contribution in [1.29, 1.82) is 0 Å². The Morgan fingerprint density at radius 2 is 1.59 bits per heavy atom. The summed E-state index contributed by atoms with van der Waals surface area (Å²) in [5, 5.41) is 21.0. The summed E-state index contributed by atoms with van der Waals surface area (Å²) in [5.74, 6) is -3.42. The number of aliphatic carboxylic acids is 1. The minimum atomic E-state index is -3.88. The molecule has 1 aromatic rings. The Kier molecular flexibility index (Phi) is 8.73. The lowest BCUT2D eigenvalue weighted by Gasteiger charge is -2.20. The summed E-state index contributed by atoms with van der Waals surface area (Å²) in [4.78, 5) is 46.6. The standard InChI is InChI=1S/C17H24N4O7S/c1-3-10(2)15(17(25)26)21-14(23)9-19-13(22)8-20-16(24)11-4-6-12(7-5-11)29(18,27)28/h4-7,10,15H,3,8-9H2,1-2H3,(H,19,22)(H,20,24)(H,21,23)(H,25,26)(H2,18,27,28)/t10-,15-/m0/s1. The molecular formula is C17H24N4O7S. The van der Waals surface area contributed by atoms with Crippen LogP contribution in [0.3, 0.4) is 0 Å². The highest BCUT2D eigenvalue weighted by molar-refractivity contribution is 7.89. The molecule has 29 heavy (non-hydrogen) atoms. The van der Waals surface area contributed by atoms with Gasteiger partial charge in [0.2, 0.25) is 21.8 Å². The van der Waals surface area contributed by atoms with Crippen molar-refractivity contribution >= 4 is 33.7 Å². The van der Waals surface area contributed by atoms with Crippen LogP contribution in [0.4, 0.5) is 0 Å². The molecule has 0 heterocycles. The number of amides is 3. The molecule has 0 aromatic heterocycles. The Morgan fingerprint density at radius 3 is 2.07 bits per heavy atom. The first-order valence-corrected chi connectivity index (χ1v) is 10.2. The summed E-state index contributed by atoms with van der Waals surface area (Å²) in [6.07, 6.45) is 0.549. The summed E-state index contributed by atoms with van der Waals surface area (Å²) >= 11 is 0. The van der Waals surface area contributed by atoms with Gasteiger partial charge in [-0.05, 0) is 30.2 Å². The number of hydrogen-bond donors (Lipinski definition) is 5. The first-order valence-electron chi connectivity index (χ1n) is 8.65. The maximum Gasteiger partial charge on any atom is 0.326 e. The molecule has 6 N–H and O–H groups in total. The number of carbonyl (C=O) groups excluding carboxylic acids is 3. The minimum absolute atomic E-state index is 0.112. The van der Waals surface area contributed by atoms with E-state index in [0.717, 1.165) is 12.1 Å². The van der Waals surface area contributed by atoms with Crippen molar-refractivity contribution in [2.75, 3.05) is 13.1 Å². The van der Waals surface area contributed by atoms with Crippen LogP contribution < -0.4 is 21.1 Å². The van der Waals surface area contributed by atoms with Crippen molar-refractivity contribution in [3.63, 3.8) is 0 Å². The van der Waals surface area contributed by atoms with Crippen LogP contribution in [-0.4, -0.2) is 56.3 Å². The molecule has 2 atom stereocenters. The van der Waals surface area contributed by atoms with Gasteiger partial charge in [0.25, 0.3) is 5.91 Å². The molecule has 3 amide bonds. The molecule has 0 aliphatic heterocycles. The molecule has 0 saturated heterocycles. The first kappa shape index (κ1) is 24.0. The smallest absolute Gasteiger partial charge is 0.326 e. The Morgan fingerprint density at radius 1 is 1.03 bits per heavy atom. The molecule has 11 nitrogen and oxygen atoms in total. The number of carboxylic acid groups (broad SMARTS) is 1. The van der Waals surface area contributed by atoms with E-state index in [1.165, 1.54) is 12.1 Å². The Hall–Kier alpha value is -2.99. The van der Waals surface area contributed by atoms with Crippen LogP contribution in [0.2, 0.25) is 0 Å². The number of hydrogen-bond acceptors (Lipinski definition) is 6. The van der Waals surface area contributed by atoms with Crippen molar-refractivity contribution in [1.82, 2.24) is 16.0 Å². The van der Waals surface area contributed by atoms with Crippen LogP contribution in [0, 0.1) is 5.92 Å². The van der Waals surface area contributed by atoms with Gasteiger partial charge in [-0.3, -0.25) is 14.4 Å². The number of rotatable bonds is 10. The topological polar surface area (TPSA) is 185 Å². The molecule has 1 aromatic carbocycles. The third-order valence-corrected chi connectivity index (χ3v) is 5.03. The van der Waals surface area contributed by atoms with Crippen LogP contribution in [-0.2, 0) is 24.4 Å². The molecule has 0 aliphatic rings. The number of primary sulfonamides is 1. The predicted molar refractivity (Wildman–Crippen MR) is 102 cm³/mol. The van der Waals surface area contributed by atoms with Crippen LogP contribution in [0.25, 0.3) is 0 Å². The molecular weight excluding hydrogens is 404 g/mol. The SMILES string of the molecule is CC[C@H](C)[C@H](NC(=O)CNC(=O)CNC(=O)c1ccc(S(N)(=O)=O)cc1)C(=O)O. The normalized spacial score (nSPS) is 13.1. The molecule has 0 aliphatic carbocycles. The zero-order valence-corrected chi connectivity index (χ0v) is 16.8. The average molecular weight is 428 g/mol. The van der Waals surface area contributed by atoms with Gasteiger partial charge in [-0.15, -0.1) is 0 Å². The second-order valence-corrected chi connectivity index (χ2v) is 7.86. The average Bonchev–Trinajstić information content (AvgIpc) is 2.67. The van der Waals surface area contributed by atoms with E-state index in [2.05, 4.69) is 16.0 Å². The van der Waals surface area contributed by atoms with E-state index in [1.807, 2.05) is 0 Å². The van der Waals surface area contributed by atoms with Gasteiger partial charge < -0.3 is 21.1 Å². The largest absolute Gasteiger partial charge is 0.480 e. The highest BCUT2D eigenvalue weighted by atomic mass is 32.2. The van der Waals surface area contributed by atoms with E-state index in [9.17, 15) is 27.6 Å². The van der Waals surface area contributed by atoms with Crippen molar-refractivity contribution in [2.45, 2.75) is 31.2 Å². The minimum Gasteiger partial charge on any atom is -0.480 e. The first-order chi connectivity index (χ1) is 13.5. The maximum absolute atomic E-state index is 12.0. The Labute approximate surface area is 168 Å². The van der Waals surface area contributed by atoms with Crippen LogP contribution in [0.1, 0.15) is 30.6 Å². The quantitative estimate of drug-likeness (QED) is 0.309. The number of benzene rings is 1. The van der Waals surface area contributed by atoms with E-state index < -0.39 is 52.8 Å². The highest BCUT2D eigenvalue weighted by Crippen LogP contribution is 2.09. The lowest BCUT2D eigenvalue weighted by Crippen LogP contribution is -2.49. The van der Waals surface area contributed by atoms with Crippen LogP contribution in [0.5, 0.6) is 0 Å². The van der Waals surface area contributed by atoms with Crippen molar-refractivity contribution in [2.24, 2.45) is 11.1 Å². The summed E-state index contributed by atoms with van der Waals surface area (Å²) in [7, 11) is -3.88. The van der Waals surface area contributed by atoms with E-state index in [0.29, 0.717) is 6.42 Å². The Bertz CT molecular complexity index is 868. The fourth-order valence-electron chi connectivity index (χ4n) is 2.21. The maximum atomic E-state index is 12.0. The second-order valence-electron chi connectivity index (χ2n) is 6.30. The summed E-state index contributed by atoms with van der Waals surface area (Å²) in [6, 6.07) is 3.72. The third-order valence-electron chi connectivity index (χ3n) is 4.10. The molecule has 0 spiro atoms. The molecule has 160 valence electrons. The number of carbonyl (C=O) groups is 4. The van der Waals surface area contributed by atoms with Gasteiger partial charge in [0.05, 0.1) is 18.0 Å². The number of nitrogens with two attached hydrogens (primary N) is 1. The Balaban J connectivity index is 2.48. The third kappa shape index (κ3) is 7.87. The van der Waals surface area contributed by atoms with Crippen LogP contribution >= 0.6 is 0 Å². The lowest BCUT2D eigenvalue weighted by atomic mass is 9.99. The summed E-state index contributed by atoms with van der Waals surface area (Å²) in [6.45, 7) is 2.59. The molecule has 0 fully saturated rings. The van der Waals surface area contributed by atoms with Gasteiger partial charge >= 0.3 is 5.97 Å². The fraction of sp³-hybridized carbons (Fsp3) is 0.412. The fourth-order valence-corrected chi connectivity index (χ4v) is 2.72. The van der Waals surface area contributed by atoms with Gasteiger partial charge in [-0.1, -0.05) is 20.3 Å². The van der Waals surface area contributed by atoms with Crippen molar-refractivity contribution < 1.29 is 32.7 Å². The molecule has 12 heteroatoms. The van der Waals surface area contributed by atoms with Gasteiger partial charge in [-0.2, -0.15) is 0 Å². The second kappa shape index (κ2) is 10.5. The van der Waals surface area contributed by atoms with Gasteiger partial charge in [0, 0.05) is 5.56 Å². The summed E-state index contributed by atoms with van der Waals surface area (Å²) in [5.41, 5.74) is 0.112.